The predicted octanol–water partition coefficient (Wildman–Crippen LogP) is 3.04. The van der Waals surface area contributed by atoms with E-state index in [1.807, 2.05) is 37.4 Å². The lowest BCUT2D eigenvalue weighted by Gasteiger charge is -2.10. The van der Waals surface area contributed by atoms with Gasteiger partial charge in [0.2, 0.25) is 0 Å². The molecule has 0 bridgehead atoms. The van der Waals surface area contributed by atoms with Crippen LogP contribution in [0.15, 0.2) is 23.6 Å². The highest BCUT2D eigenvalue weighted by Crippen LogP contribution is 2.25. The first-order valence-corrected chi connectivity index (χ1v) is 6.74. The van der Waals surface area contributed by atoms with Crippen LogP contribution in [0.5, 0.6) is 5.75 Å². The number of aromatic nitrogens is 1. The van der Waals surface area contributed by atoms with Crippen molar-refractivity contribution in [3.05, 3.63) is 34.3 Å². The first-order chi connectivity index (χ1) is 8.69. The molecule has 0 saturated heterocycles. The number of ether oxygens (including phenoxy) is 1. The molecular formula is C13H17N3OS. The molecule has 1 aromatic heterocycles. The van der Waals surface area contributed by atoms with Crippen LogP contribution in [0.1, 0.15) is 17.6 Å². The first-order valence-electron chi connectivity index (χ1n) is 5.86. The third kappa shape index (κ3) is 3.13. The fourth-order valence-electron chi connectivity index (χ4n) is 1.59. The number of benzene rings is 1. The van der Waals surface area contributed by atoms with Crippen LogP contribution in [0.3, 0.4) is 0 Å². The highest BCUT2D eigenvalue weighted by atomic mass is 32.1. The molecule has 1 aromatic carbocycles. The Morgan fingerprint density at radius 1 is 1.44 bits per heavy atom. The average molecular weight is 263 g/mol. The van der Waals surface area contributed by atoms with Crippen molar-refractivity contribution in [3.63, 3.8) is 0 Å². The van der Waals surface area contributed by atoms with Crippen LogP contribution in [-0.2, 0) is 6.54 Å². The lowest BCUT2D eigenvalue weighted by atomic mass is 10.2. The standard InChI is InChI=1S/C13H17N3OS/c1-3-17-12-6-10(4-5-11(12)14)15-7-13-16-9(2)8-18-13/h4-6,8,15H,3,7,14H2,1-2H3. The number of nitrogen functional groups attached to an aromatic ring is 1. The Balaban J connectivity index is 2.03. The molecule has 3 N–H and O–H groups in total. The zero-order valence-electron chi connectivity index (χ0n) is 10.6. The van der Waals surface area contributed by atoms with Crippen LogP contribution < -0.4 is 15.8 Å². The Morgan fingerprint density at radius 2 is 2.28 bits per heavy atom. The monoisotopic (exact) mass is 263 g/mol. The Labute approximate surface area is 111 Å². The van der Waals surface area contributed by atoms with Crippen LogP contribution >= 0.6 is 11.3 Å². The summed E-state index contributed by atoms with van der Waals surface area (Å²) in [6.45, 7) is 5.27. The Hall–Kier alpha value is -1.75. The number of anilines is 2. The van der Waals surface area contributed by atoms with E-state index in [2.05, 4.69) is 10.3 Å². The number of nitrogens with zero attached hydrogens (tertiary/aromatic N) is 1. The number of aryl methyl sites for hydroxylation is 1. The number of hydrogen-bond donors (Lipinski definition) is 2. The fourth-order valence-corrected chi connectivity index (χ4v) is 2.30. The maximum atomic E-state index is 5.82. The number of nitrogens with one attached hydrogen (secondary N) is 1. The van der Waals surface area contributed by atoms with E-state index in [4.69, 9.17) is 10.5 Å². The highest BCUT2D eigenvalue weighted by molar-refractivity contribution is 7.09. The van der Waals surface area contributed by atoms with E-state index in [1.54, 1.807) is 11.3 Å². The minimum atomic E-state index is 0.610. The van der Waals surface area contributed by atoms with Crippen molar-refractivity contribution in [2.75, 3.05) is 17.7 Å². The van der Waals surface area contributed by atoms with Gasteiger partial charge in [0.15, 0.2) is 0 Å². The zero-order valence-corrected chi connectivity index (χ0v) is 11.4. The second-order valence-corrected chi connectivity index (χ2v) is 4.86. The van der Waals surface area contributed by atoms with E-state index < -0.39 is 0 Å². The third-order valence-electron chi connectivity index (χ3n) is 2.42. The summed E-state index contributed by atoms with van der Waals surface area (Å²) in [6, 6.07) is 5.71. The summed E-state index contributed by atoms with van der Waals surface area (Å²) in [5.74, 6) is 0.720. The van der Waals surface area contributed by atoms with Crippen LogP contribution in [0.4, 0.5) is 11.4 Å². The normalized spacial score (nSPS) is 10.3. The van der Waals surface area contributed by atoms with E-state index in [0.717, 1.165) is 22.1 Å². The minimum Gasteiger partial charge on any atom is -0.492 e. The van der Waals surface area contributed by atoms with Gasteiger partial charge in [-0.2, -0.15) is 0 Å². The highest BCUT2D eigenvalue weighted by Gasteiger charge is 2.03. The Kier molecular flexibility index (Phi) is 4.04. The van der Waals surface area contributed by atoms with Crippen LogP contribution in [-0.4, -0.2) is 11.6 Å². The van der Waals surface area contributed by atoms with E-state index in [0.29, 0.717) is 18.8 Å². The number of rotatable bonds is 5. The van der Waals surface area contributed by atoms with Crippen LogP contribution in [0.2, 0.25) is 0 Å². The minimum absolute atomic E-state index is 0.610. The quantitative estimate of drug-likeness (QED) is 0.814. The van der Waals surface area contributed by atoms with Crippen molar-refractivity contribution in [1.82, 2.24) is 4.98 Å². The molecule has 0 atom stereocenters. The summed E-state index contributed by atoms with van der Waals surface area (Å²) in [7, 11) is 0. The maximum absolute atomic E-state index is 5.82. The second kappa shape index (κ2) is 5.73. The molecule has 0 saturated carbocycles. The smallest absolute Gasteiger partial charge is 0.144 e. The molecule has 0 aliphatic heterocycles. The Bertz CT molecular complexity index is 525. The van der Waals surface area contributed by atoms with Gasteiger partial charge >= 0.3 is 0 Å². The molecular weight excluding hydrogens is 246 g/mol. The van der Waals surface area contributed by atoms with Crippen molar-refractivity contribution >= 4 is 22.7 Å². The van der Waals surface area contributed by atoms with Gasteiger partial charge in [-0.05, 0) is 26.0 Å². The topological polar surface area (TPSA) is 60.2 Å². The maximum Gasteiger partial charge on any atom is 0.144 e. The summed E-state index contributed by atoms with van der Waals surface area (Å²) in [6.07, 6.45) is 0. The van der Waals surface area contributed by atoms with Gasteiger partial charge in [-0.3, -0.25) is 0 Å². The number of thiazole rings is 1. The van der Waals surface area contributed by atoms with Crippen molar-refractivity contribution in [1.29, 1.82) is 0 Å². The summed E-state index contributed by atoms with van der Waals surface area (Å²) in [5, 5.41) is 6.43. The second-order valence-electron chi connectivity index (χ2n) is 3.92. The van der Waals surface area contributed by atoms with Gasteiger partial charge in [-0.15, -0.1) is 11.3 Å². The molecule has 96 valence electrons. The first kappa shape index (κ1) is 12.7. The SMILES string of the molecule is CCOc1cc(NCc2nc(C)cs2)ccc1N. The molecule has 2 rings (SSSR count). The summed E-state index contributed by atoms with van der Waals surface area (Å²) in [5.41, 5.74) is 8.53. The molecule has 0 unspecified atom stereocenters. The van der Waals surface area contributed by atoms with Gasteiger partial charge in [0.1, 0.15) is 10.8 Å². The number of nitrogens with two attached hydrogens (primary N) is 1. The molecule has 18 heavy (non-hydrogen) atoms. The molecule has 0 fully saturated rings. The molecule has 0 aliphatic rings. The van der Waals surface area contributed by atoms with Crippen molar-refractivity contribution in [2.45, 2.75) is 20.4 Å². The molecule has 1 heterocycles. The van der Waals surface area contributed by atoms with E-state index in [1.165, 1.54) is 0 Å². The lowest BCUT2D eigenvalue weighted by Crippen LogP contribution is -2.01. The van der Waals surface area contributed by atoms with Gasteiger partial charge < -0.3 is 15.8 Å². The molecule has 0 radical (unpaired) electrons. The zero-order chi connectivity index (χ0) is 13.0. The fraction of sp³-hybridized carbons (Fsp3) is 0.308. The Morgan fingerprint density at radius 3 is 2.94 bits per heavy atom. The van der Waals surface area contributed by atoms with E-state index in [-0.39, 0.29) is 0 Å². The summed E-state index contributed by atoms with van der Waals surface area (Å²) >= 11 is 1.66. The van der Waals surface area contributed by atoms with Crippen LogP contribution in [0.25, 0.3) is 0 Å². The third-order valence-corrected chi connectivity index (χ3v) is 3.39. The summed E-state index contributed by atoms with van der Waals surface area (Å²) in [4.78, 5) is 4.40. The summed E-state index contributed by atoms with van der Waals surface area (Å²) < 4.78 is 5.46. The molecule has 2 aromatic rings. The average Bonchev–Trinajstić information content (AvgIpc) is 2.76. The van der Waals surface area contributed by atoms with Gasteiger partial charge in [-0.1, -0.05) is 0 Å². The van der Waals surface area contributed by atoms with E-state index >= 15 is 0 Å². The molecule has 0 aliphatic carbocycles. The van der Waals surface area contributed by atoms with Gasteiger partial charge in [0.05, 0.1) is 18.8 Å². The van der Waals surface area contributed by atoms with Crippen LogP contribution in [0, 0.1) is 6.92 Å². The van der Waals surface area contributed by atoms with Gasteiger partial charge in [-0.25, -0.2) is 4.98 Å². The molecule has 0 spiro atoms. The van der Waals surface area contributed by atoms with Gasteiger partial charge in [0, 0.05) is 22.8 Å². The van der Waals surface area contributed by atoms with Crippen molar-refractivity contribution < 1.29 is 4.74 Å². The number of hydrogen-bond acceptors (Lipinski definition) is 5. The largest absolute Gasteiger partial charge is 0.492 e. The van der Waals surface area contributed by atoms with Crippen molar-refractivity contribution in [2.24, 2.45) is 0 Å². The van der Waals surface area contributed by atoms with Gasteiger partial charge in [0.25, 0.3) is 0 Å². The molecule has 5 heteroatoms. The van der Waals surface area contributed by atoms with Crippen molar-refractivity contribution in [3.8, 4) is 5.75 Å². The predicted molar refractivity (Wildman–Crippen MR) is 76.2 cm³/mol. The molecule has 4 nitrogen and oxygen atoms in total. The van der Waals surface area contributed by atoms with E-state index in [9.17, 15) is 0 Å². The lowest BCUT2D eigenvalue weighted by molar-refractivity contribution is 0.342. The molecule has 0 amide bonds.